The first kappa shape index (κ1) is 28.8. The zero-order valence-corrected chi connectivity index (χ0v) is 23.1. The Morgan fingerprint density at radius 3 is 2.21 bits per heavy atom. The van der Waals surface area contributed by atoms with E-state index in [1.165, 1.54) is 13.0 Å². The first-order valence-corrected chi connectivity index (χ1v) is 12.7. The van der Waals surface area contributed by atoms with Crippen molar-refractivity contribution in [1.29, 1.82) is 0 Å². The molecule has 1 heterocycles. The van der Waals surface area contributed by atoms with Crippen molar-refractivity contribution >= 4 is 62.5 Å². The average molecular weight is 650 g/mol. The van der Waals surface area contributed by atoms with Gasteiger partial charge in [-0.15, -0.1) is 0 Å². The summed E-state index contributed by atoms with van der Waals surface area (Å²) in [6, 6.07) is 8.16. The normalized spacial score (nSPS) is 14.3. The number of hydrogen-bond acceptors (Lipinski definition) is 4. The number of halogens is 8. The van der Waals surface area contributed by atoms with Crippen LogP contribution in [0.1, 0.15) is 25.0 Å². The second-order valence-corrected chi connectivity index (χ2v) is 9.75. The van der Waals surface area contributed by atoms with Crippen LogP contribution in [0, 0.1) is 29.1 Å². The van der Waals surface area contributed by atoms with Crippen LogP contribution >= 0.6 is 39.1 Å². The second-order valence-electron chi connectivity index (χ2n) is 8.08. The van der Waals surface area contributed by atoms with Gasteiger partial charge in [-0.1, -0.05) is 29.3 Å². The predicted octanol–water partition coefficient (Wildman–Crippen LogP) is 8.24. The lowest BCUT2D eigenvalue weighted by molar-refractivity contribution is -0.114. The molecule has 5 nitrogen and oxygen atoms in total. The summed E-state index contributed by atoms with van der Waals surface area (Å²) < 4.78 is 81.6. The molecule has 1 aliphatic rings. The van der Waals surface area contributed by atoms with Gasteiger partial charge in [0.1, 0.15) is 12.3 Å². The van der Waals surface area contributed by atoms with E-state index in [0.717, 1.165) is 5.56 Å². The number of ether oxygens (including phenoxy) is 2. The van der Waals surface area contributed by atoms with Crippen molar-refractivity contribution in [3.8, 4) is 11.5 Å². The highest BCUT2D eigenvalue weighted by Crippen LogP contribution is 2.39. The Morgan fingerprint density at radius 1 is 0.949 bits per heavy atom. The molecule has 3 aromatic carbocycles. The fourth-order valence-corrected chi connectivity index (χ4v) is 4.54. The van der Waals surface area contributed by atoms with Gasteiger partial charge in [-0.25, -0.2) is 22.0 Å². The molecule has 3 aromatic rings. The average Bonchev–Trinajstić information content (AvgIpc) is 3.16. The number of carbonyl (C=O) groups is 1. The Balaban J connectivity index is 1.67. The van der Waals surface area contributed by atoms with Crippen molar-refractivity contribution in [1.82, 2.24) is 0 Å². The Bertz CT molecular complexity index is 1540. The highest BCUT2D eigenvalue weighted by Gasteiger charge is 2.37. The number of hydrogen-bond donors (Lipinski definition) is 0. The molecule has 0 aromatic heterocycles. The van der Waals surface area contributed by atoms with E-state index in [1.54, 1.807) is 37.3 Å². The van der Waals surface area contributed by atoms with Crippen molar-refractivity contribution < 1.29 is 36.2 Å². The number of nitrogens with zero attached hydrogens (tertiary/aromatic N) is 2. The monoisotopic (exact) mass is 648 g/mol. The molecule has 1 amide bonds. The maximum atomic E-state index is 14.3. The number of carbonyl (C=O) groups excluding carboxylic acids is 1. The molecule has 0 atom stereocenters. The molecule has 4 rings (SSSR count). The summed E-state index contributed by atoms with van der Waals surface area (Å²) in [5.41, 5.74) is -0.497. The summed E-state index contributed by atoms with van der Waals surface area (Å²) in [6.07, 6.45) is 1.34. The third kappa shape index (κ3) is 5.61. The van der Waals surface area contributed by atoms with Crippen LogP contribution in [-0.4, -0.2) is 18.2 Å². The number of rotatable bonds is 7. The second kappa shape index (κ2) is 11.5. The van der Waals surface area contributed by atoms with Gasteiger partial charge in [0.2, 0.25) is 5.82 Å². The Kier molecular flexibility index (Phi) is 8.53. The van der Waals surface area contributed by atoms with Crippen LogP contribution in [0.4, 0.5) is 27.6 Å². The molecule has 0 bridgehead atoms. The van der Waals surface area contributed by atoms with E-state index in [9.17, 15) is 26.7 Å². The molecule has 1 aliphatic heterocycles. The molecule has 39 heavy (non-hydrogen) atoms. The summed E-state index contributed by atoms with van der Waals surface area (Å²) in [4.78, 5) is 13.0. The minimum atomic E-state index is -2.34. The fraction of sp³-hybridized carbons (Fsp3) is 0.154. The molecular formula is C26H16BrCl2F5N2O3. The number of anilines is 1. The number of amides is 1. The van der Waals surface area contributed by atoms with Gasteiger partial charge in [0.25, 0.3) is 5.91 Å². The van der Waals surface area contributed by atoms with Gasteiger partial charge >= 0.3 is 0 Å². The molecule has 0 aliphatic carbocycles. The SMILES string of the molecule is CCOc1cc(/C=C2\C(=O)N(c3c(F)c(F)c(F)c(F)c3F)N=C2C)cc(Br)c1OCc1ccc(Cl)c(Cl)c1. The van der Waals surface area contributed by atoms with Crippen LogP contribution in [0.25, 0.3) is 6.08 Å². The van der Waals surface area contributed by atoms with E-state index in [1.807, 2.05) is 0 Å². The third-order valence-corrected chi connectivity index (χ3v) is 6.80. The molecular weight excluding hydrogens is 634 g/mol. The lowest BCUT2D eigenvalue weighted by Crippen LogP contribution is -2.25. The molecule has 0 N–H and O–H groups in total. The molecule has 0 radical (unpaired) electrons. The zero-order chi connectivity index (χ0) is 28.6. The molecule has 0 saturated heterocycles. The van der Waals surface area contributed by atoms with Gasteiger partial charge in [-0.3, -0.25) is 4.79 Å². The van der Waals surface area contributed by atoms with Crippen molar-refractivity contribution in [2.75, 3.05) is 11.6 Å². The van der Waals surface area contributed by atoms with E-state index in [4.69, 9.17) is 32.7 Å². The van der Waals surface area contributed by atoms with E-state index in [2.05, 4.69) is 21.0 Å². The van der Waals surface area contributed by atoms with Crippen LogP contribution in [0.15, 0.2) is 45.5 Å². The summed E-state index contributed by atoms with van der Waals surface area (Å²) in [5, 5.41) is 4.64. The molecule has 0 unspecified atom stereocenters. The Hall–Kier alpha value is -3.15. The standard InChI is InChI=1S/C26H16BrCl2F5N2O3/c1-3-38-18-9-13(7-15(27)25(18)39-10-12-4-5-16(28)17(29)8-12)6-14-11(2)35-36(26(14)37)24-22(33)20(31)19(30)21(32)23(24)34/h4-9H,3,10H2,1-2H3/b14-6-. The topological polar surface area (TPSA) is 51.1 Å². The van der Waals surface area contributed by atoms with E-state index >= 15 is 0 Å². The van der Waals surface area contributed by atoms with E-state index < -0.39 is 40.7 Å². The summed E-state index contributed by atoms with van der Waals surface area (Å²) in [5.74, 6) is -11.5. The first-order chi connectivity index (χ1) is 18.4. The van der Waals surface area contributed by atoms with Crippen molar-refractivity contribution in [3.63, 3.8) is 0 Å². The van der Waals surface area contributed by atoms with Crippen LogP contribution in [0.2, 0.25) is 10.0 Å². The summed E-state index contributed by atoms with van der Waals surface area (Å²) >= 11 is 15.4. The van der Waals surface area contributed by atoms with E-state index in [-0.39, 0.29) is 29.5 Å². The Morgan fingerprint density at radius 2 is 1.59 bits per heavy atom. The molecule has 0 spiro atoms. The van der Waals surface area contributed by atoms with Gasteiger partial charge in [0, 0.05) is 0 Å². The highest BCUT2D eigenvalue weighted by molar-refractivity contribution is 9.10. The van der Waals surface area contributed by atoms with Gasteiger partial charge in [-0.2, -0.15) is 10.1 Å². The van der Waals surface area contributed by atoms with Crippen LogP contribution in [0.5, 0.6) is 11.5 Å². The van der Waals surface area contributed by atoms with Crippen molar-refractivity contribution in [3.05, 3.63) is 90.6 Å². The van der Waals surface area contributed by atoms with Crippen molar-refractivity contribution in [2.45, 2.75) is 20.5 Å². The quantitative estimate of drug-likeness (QED) is 0.112. The largest absolute Gasteiger partial charge is 0.490 e. The summed E-state index contributed by atoms with van der Waals surface area (Å²) in [6.45, 7) is 3.49. The third-order valence-electron chi connectivity index (χ3n) is 5.47. The number of hydrazone groups is 1. The number of benzene rings is 3. The smallest absolute Gasteiger partial charge is 0.280 e. The minimum absolute atomic E-state index is 0.0158. The minimum Gasteiger partial charge on any atom is -0.490 e. The molecule has 0 fully saturated rings. The highest BCUT2D eigenvalue weighted by atomic mass is 79.9. The lowest BCUT2D eigenvalue weighted by Gasteiger charge is -2.16. The molecule has 204 valence electrons. The molecule has 13 heteroatoms. The first-order valence-electron chi connectivity index (χ1n) is 11.1. The maximum absolute atomic E-state index is 14.3. The lowest BCUT2D eigenvalue weighted by atomic mass is 10.1. The zero-order valence-electron chi connectivity index (χ0n) is 20.0. The van der Waals surface area contributed by atoms with Crippen LogP contribution < -0.4 is 14.5 Å². The van der Waals surface area contributed by atoms with Gasteiger partial charge in [0.05, 0.1) is 32.4 Å². The van der Waals surface area contributed by atoms with Gasteiger partial charge in [-0.05, 0) is 71.2 Å². The maximum Gasteiger partial charge on any atom is 0.280 e. The van der Waals surface area contributed by atoms with Gasteiger partial charge < -0.3 is 9.47 Å². The predicted molar refractivity (Wildman–Crippen MR) is 141 cm³/mol. The van der Waals surface area contributed by atoms with Crippen molar-refractivity contribution in [2.24, 2.45) is 5.10 Å². The summed E-state index contributed by atoms with van der Waals surface area (Å²) in [7, 11) is 0. The molecule has 0 saturated carbocycles. The fourth-order valence-electron chi connectivity index (χ4n) is 3.64. The Labute approximate surface area is 237 Å². The van der Waals surface area contributed by atoms with E-state index in [0.29, 0.717) is 31.6 Å². The van der Waals surface area contributed by atoms with Gasteiger partial charge in [0.15, 0.2) is 34.8 Å². The van der Waals surface area contributed by atoms with Crippen LogP contribution in [-0.2, 0) is 11.4 Å². The van der Waals surface area contributed by atoms with Crippen LogP contribution in [0.3, 0.4) is 0 Å².